The number of carbonyl (C=O) groups is 2. The zero-order valence-corrected chi connectivity index (χ0v) is 15.3. The molecule has 2 aromatic heterocycles. The number of aryl methyl sites for hydroxylation is 1. The Morgan fingerprint density at radius 1 is 1.27 bits per heavy atom. The molecule has 0 aliphatic carbocycles. The first-order valence-electron chi connectivity index (χ1n) is 7.88. The molecule has 0 bridgehead atoms. The number of ether oxygens (including phenoxy) is 1. The maximum Gasteiger partial charge on any atom is 0.348 e. The van der Waals surface area contributed by atoms with Gasteiger partial charge in [-0.05, 0) is 31.5 Å². The summed E-state index contributed by atoms with van der Waals surface area (Å²) in [5.74, 6) is -0.841. The van der Waals surface area contributed by atoms with Crippen LogP contribution in [0, 0.1) is 6.92 Å². The Morgan fingerprint density at radius 3 is 2.62 bits per heavy atom. The number of anilines is 1. The second-order valence-electron chi connectivity index (χ2n) is 5.72. The van der Waals surface area contributed by atoms with Crippen molar-refractivity contribution in [1.82, 2.24) is 9.55 Å². The molecule has 8 heteroatoms. The van der Waals surface area contributed by atoms with Crippen LogP contribution in [0.2, 0.25) is 0 Å². The number of nitrogens with zero attached hydrogens (tertiary/aromatic N) is 2. The lowest BCUT2D eigenvalue weighted by Gasteiger charge is -2.14. The van der Waals surface area contributed by atoms with Crippen LogP contribution in [-0.4, -0.2) is 28.5 Å². The molecule has 0 aliphatic rings. The van der Waals surface area contributed by atoms with Crippen LogP contribution < -0.4 is 10.9 Å². The monoisotopic (exact) mass is 371 g/mol. The Kier molecular flexibility index (Phi) is 4.85. The smallest absolute Gasteiger partial charge is 0.348 e. The van der Waals surface area contributed by atoms with Crippen LogP contribution in [0.1, 0.15) is 28.2 Å². The molecule has 0 aliphatic heterocycles. The van der Waals surface area contributed by atoms with Crippen LogP contribution in [0.4, 0.5) is 5.69 Å². The van der Waals surface area contributed by atoms with Crippen LogP contribution >= 0.6 is 11.3 Å². The number of methoxy groups -OCH3 is 1. The first-order chi connectivity index (χ1) is 12.4. The molecule has 0 saturated carbocycles. The van der Waals surface area contributed by atoms with Gasteiger partial charge in [-0.1, -0.05) is 18.2 Å². The molecule has 1 N–H and O–H groups in total. The number of benzene rings is 1. The molecule has 1 aromatic carbocycles. The minimum Gasteiger partial charge on any atom is -0.465 e. The van der Waals surface area contributed by atoms with Gasteiger partial charge < -0.3 is 10.1 Å². The number of amides is 1. The van der Waals surface area contributed by atoms with Crippen molar-refractivity contribution in [3.05, 3.63) is 57.5 Å². The van der Waals surface area contributed by atoms with E-state index < -0.39 is 12.0 Å². The van der Waals surface area contributed by atoms with Crippen molar-refractivity contribution in [2.75, 3.05) is 12.4 Å². The van der Waals surface area contributed by atoms with Crippen LogP contribution in [-0.2, 0) is 9.53 Å². The molecule has 0 saturated heterocycles. The second kappa shape index (κ2) is 7.09. The van der Waals surface area contributed by atoms with Crippen LogP contribution in [0.5, 0.6) is 0 Å². The molecule has 134 valence electrons. The highest BCUT2D eigenvalue weighted by Crippen LogP contribution is 2.27. The number of thiophene rings is 1. The average Bonchev–Trinajstić information content (AvgIpc) is 2.99. The van der Waals surface area contributed by atoms with E-state index in [1.54, 1.807) is 26.0 Å². The molecule has 7 nitrogen and oxygen atoms in total. The van der Waals surface area contributed by atoms with E-state index in [1.807, 2.05) is 18.2 Å². The van der Waals surface area contributed by atoms with Crippen molar-refractivity contribution in [2.45, 2.75) is 19.9 Å². The lowest BCUT2D eigenvalue weighted by atomic mass is 10.2. The van der Waals surface area contributed by atoms with E-state index in [4.69, 9.17) is 4.74 Å². The lowest BCUT2D eigenvalue weighted by Crippen LogP contribution is -2.31. The summed E-state index contributed by atoms with van der Waals surface area (Å²) >= 11 is 1.10. The summed E-state index contributed by atoms with van der Waals surface area (Å²) in [5, 5.41) is 3.10. The number of esters is 1. The Labute approximate surface area is 153 Å². The molecule has 0 fully saturated rings. The van der Waals surface area contributed by atoms with Crippen molar-refractivity contribution in [2.24, 2.45) is 0 Å². The zero-order chi connectivity index (χ0) is 18.8. The SMILES string of the molecule is COC(=O)c1sc2ncn([C@@H](C)C(=O)Nc3ccccc3)c(=O)c2c1C. The third kappa shape index (κ3) is 3.11. The summed E-state index contributed by atoms with van der Waals surface area (Å²) in [7, 11) is 1.29. The summed E-state index contributed by atoms with van der Waals surface area (Å²) in [6.45, 7) is 3.29. The number of aromatic nitrogens is 2. The summed E-state index contributed by atoms with van der Waals surface area (Å²) < 4.78 is 6.00. The van der Waals surface area contributed by atoms with Gasteiger partial charge in [0.2, 0.25) is 5.91 Å². The molecule has 0 spiro atoms. The molecule has 2 heterocycles. The highest BCUT2D eigenvalue weighted by atomic mass is 32.1. The van der Waals surface area contributed by atoms with Gasteiger partial charge in [0.15, 0.2) is 0 Å². The number of carbonyl (C=O) groups excluding carboxylic acids is 2. The fourth-order valence-corrected chi connectivity index (χ4v) is 3.65. The molecule has 1 atom stereocenters. The maximum absolute atomic E-state index is 12.9. The molecule has 1 amide bonds. The number of hydrogen-bond donors (Lipinski definition) is 1. The maximum atomic E-state index is 12.9. The van der Waals surface area contributed by atoms with E-state index in [0.29, 0.717) is 26.3 Å². The molecule has 0 unspecified atom stereocenters. The fraction of sp³-hybridized carbons (Fsp3) is 0.222. The molecular formula is C18H17N3O4S. The van der Waals surface area contributed by atoms with E-state index in [-0.39, 0.29) is 11.5 Å². The van der Waals surface area contributed by atoms with Crippen molar-refractivity contribution in [1.29, 1.82) is 0 Å². The number of rotatable bonds is 4. The number of nitrogens with one attached hydrogen (secondary N) is 1. The topological polar surface area (TPSA) is 90.3 Å². The molecule has 0 radical (unpaired) electrons. The summed E-state index contributed by atoms with van der Waals surface area (Å²) in [4.78, 5) is 42.2. The van der Waals surface area contributed by atoms with Crippen LogP contribution in [0.15, 0.2) is 41.5 Å². The number of hydrogen-bond acceptors (Lipinski definition) is 6. The van der Waals surface area contributed by atoms with Gasteiger partial charge in [0.05, 0.1) is 18.8 Å². The third-order valence-corrected chi connectivity index (χ3v) is 5.26. The van der Waals surface area contributed by atoms with Crippen LogP contribution in [0.25, 0.3) is 10.2 Å². The Morgan fingerprint density at radius 2 is 1.96 bits per heavy atom. The van der Waals surface area contributed by atoms with Gasteiger partial charge in [0.25, 0.3) is 5.56 Å². The van der Waals surface area contributed by atoms with Crippen molar-refractivity contribution < 1.29 is 14.3 Å². The van der Waals surface area contributed by atoms with E-state index in [9.17, 15) is 14.4 Å². The minimum absolute atomic E-state index is 0.331. The normalized spacial score (nSPS) is 12.0. The van der Waals surface area contributed by atoms with Gasteiger partial charge in [-0.2, -0.15) is 0 Å². The van der Waals surface area contributed by atoms with E-state index in [0.717, 1.165) is 11.3 Å². The molecular weight excluding hydrogens is 354 g/mol. The number of fused-ring (bicyclic) bond motifs is 1. The highest BCUT2D eigenvalue weighted by Gasteiger charge is 2.23. The Hall–Kier alpha value is -3.00. The summed E-state index contributed by atoms with van der Waals surface area (Å²) in [5.41, 5.74) is 0.792. The van der Waals surface area contributed by atoms with E-state index in [2.05, 4.69) is 10.3 Å². The first-order valence-corrected chi connectivity index (χ1v) is 8.70. The zero-order valence-electron chi connectivity index (χ0n) is 14.5. The van der Waals surface area contributed by atoms with Gasteiger partial charge in [0.1, 0.15) is 15.7 Å². The molecule has 3 rings (SSSR count). The van der Waals surface area contributed by atoms with Crippen molar-refractivity contribution >= 4 is 39.1 Å². The predicted molar refractivity (Wildman–Crippen MR) is 99.7 cm³/mol. The van der Waals surface area contributed by atoms with Gasteiger partial charge in [-0.15, -0.1) is 11.3 Å². The predicted octanol–water partition coefficient (Wildman–Crippen LogP) is 2.75. The van der Waals surface area contributed by atoms with E-state index >= 15 is 0 Å². The summed E-state index contributed by atoms with van der Waals surface area (Å²) in [6, 6.07) is 8.23. The largest absolute Gasteiger partial charge is 0.465 e. The first kappa shape index (κ1) is 17.8. The van der Waals surface area contributed by atoms with Crippen LogP contribution in [0.3, 0.4) is 0 Å². The molecule has 3 aromatic rings. The fourth-order valence-electron chi connectivity index (χ4n) is 2.59. The quantitative estimate of drug-likeness (QED) is 0.712. The molecule has 26 heavy (non-hydrogen) atoms. The second-order valence-corrected chi connectivity index (χ2v) is 6.72. The van der Waals surface area contributed by atoms with Crippen molar-refractivity contribution in [3.8, 4) is 0 Å². The van der Waals surface area contributed by atoms with Gasteiger partial charge in [-0.3, -0.25) is 14.2 Å². The minimum atomic E-state index is -0.763. The average molecular weight is 371 g/mol. The van der Waals surface area contributed by atoms with Gasteiger partial charge >= 0.3 is 5.97 Å². The Bertz CT molecular complexity index is 1040. The summed E-state index contributed by atoms with van der Waals surface area (Å²) in [6.07, 6.45) is 1.33. The van der Waals surface area contributed by atoms with Crippen molar-refractivity contribution in [3.63, 3.8) is 0 Å². The Balaban J connectivity index is 1.99. The third-order valence-electron chi connectivity index (χ3n) is 4.08. The standard InChI is InChI=1S/C18H17N3O4S/c1-10-13-16(26-14(10)18(24)25-3)19-9-21(17(13)23)11(2)15(22)20-12-7-5-4-6-8-12/h4-9,11H,1-3H3,(H,20,22)/t11-/m0/s1. The van der Waals surface area contributed by atoms with Gasteiger partial charge in [-0.25, -0.2) is 9.78 Å². The van der Waals surface area contributed by atoms with E-state index in [1.165, 1.54) is 18.0 Å². The highest BCUT2D eigenvalue weighted by molar-refractivity contribution is 7.20. The van der Waals surface area contributed by atoms with Gasteiger partial charge in [0, 0.05) is 5.69 Å². The lowest BCUT2D eigenvalue weighted by molar-refractivity contribution is -0.118. The number of para-hydroxylation sites is 1.